The van der Waals surface area contributed by atoms with E-state index in [4.69, 9.17) is 4.74 Å². The smallest absolute Gasteiger partial charge is 0.294 e. The summed E-state index contributed by atoms with van der Waals surface area (Å²) in [5.41, 5.74) is 2.67. The largest absolute Gasteiger partial charge is 0.469 e. The van der Waals surface area contributed by atoms with Gasteiger partial charge in [0.1, 0.15) is 5.01 Å². The fourth-order valence-corrected chi connectivity index (χ4v) is 3.86. The van der Waals surface area contributed by atoms with Crippen LogP contribution in [0.3, 0.4) is 0 Å². The topological polar surface area (TPSA) is 41.5 Å². The Kier molecular flexibility index (Phi) is 4.08. The molecule has 0 radical (unpaired) electrons. The summed E-state index contributed by atoms with van der Waals surface area (Å²) < 4.78 is 5.43. The molecule has 1 fully saturated rings. The van der Waals surface area contributed by atoms with Crippen LogP contribution >= 0.6 is 11.3 Å². The number of benzene rings is 1. The highest BCUT2D eigenvalue weighted by atomic mass is 32.1. The molecule has 0 N–H and O–H groups in total. The summed E-state index contributed by atoms with van der Waals surface area (Å²) in [5, 5.41) is 10.0. The lowest BCUT2D eigenvalue weighted by Gasteiger charge is -2.38. The van der Waals surface area contributed by atoms with Gasteiger partial charge in [-0.05, 0) is 37.8 Å². The third-order valence-electron chi connectivity index (χ3n) is 4.42. The SMILES string of the molecule is CCOc1nnc(CN2CCN(CC3CC3)c3ccccc32)s1. The predicted octanol–water partition coefficient (Wildman–Crippen LogP) is 3.17. The van der Waals surface area contributed by atoms with E-state index in [2.05, 4.69) is 44.3 Å². The summed E-state index contributed by atoms with van der Waals surface area (Å²) in [5.74, 6) is 0.909. The summed E-state index contributed by atoms with van der Waals surface area (Å²) in [6, 6.07) is 8.73. The molecule has 0 spiro atoms. The van der Waals surface area contributed by atoms with Crippen LogP contribution in [0.1, 0.15) is 24.8 Å². The van der Waals surface area contributed by atoms with Gasteiger partial charge in [0.15, 0.2) is 0 Å². The summed E-state index contributed by atoms with van der Waals surface area (Å²) >= 11 is 1.55. The van der Waals surface area contributed by atoms with E-state index in [-0.39, 0.29) is 0 Å². The molecule has 0 saturated heterocycles. The van der Waals surface area contributed by atoms with Gasteiger partial charge in [0, 0.05) is 19.6 Å². The highest BCUT2D eigenvalue weighted by Gasteiger charge is 2.29. The molecule has 4 rings (SSSR count). The van der Waals surface area contributed by atoms with Gasteiger partial charge < -0.3 is 14.5 Å². The minimum absolute atomic E-state index is 0.636. The van der Waals surface area contributed by atoms with Gasteiger partial charge in [0.25, 0.3) is 5.19 Å². The number of nitrogens with zero attached hydrogens (tertiary/aromatic N) is 4. The normalized spacial score (nSPS) is 17.3. The average molecular weight is 330 g/mol. The van der Waals surface area contributed by atoms with E-state index in [1.807, 2.05) is 6.92 Å². The first kappa shape index (κ1) is 14.8. The van der Waals surface area contributed by atoms with Crippen molar-refractivity contribution in [2.75, 3.05) is 36.0 Å². The van der Waals surface area contributed by atoms with Crippen LogP contribution in [0, 0.1) is 5.92 Å². The van der Waals surface area contributed by atoms with Crippen LogP contribution in [-0.4, -0.2) is 36.4 Å². The van der Waals surface area contributed by atoms with E-state index in [1.54, 1.807) is 11.3 Å². The molecule has 6 heteroatoms. The van der Waals surface area contributed by atoms with E-state index >= 15 is 0 Å². The number of aromatic nitrogens is 2. The molecule has 1 aliphatic heterocycles. The van der Waals surface area contributed by atoms with Crippen LogP contribution in [0.15, 0.2) is 24.3 Å². The van der Waals surface area contributed by atoms with Crippen molar-refractivity contribution in [2.24, 2.45) is 5.92 Å². The zero-order chi connectivity index (χ0) is 15.6. The van der Waals surface area contributed by atoms with Gasteiger partial charge in [0.05, 0.1) is 24.5 Å². The van der Waals surface area contributed by atoms with Gasteiger partial charge in [-0.15, -0.1) is 5.10 Å². The summed E-state index contributed by atoms with van der Waals surface area (Å²) in [6.45, 7) is 6.74. The van der Waals surface area contributed by atoms with Crippen LogP contribution in [0.2, 0.25) is 0 Å². The van der Waals surface area contributed by atoms with Crippen molar-refractivity contribution >= 4 is 22.7 Å². The Morgan fingerprint density at radius 1 is 1.13 bits per heavy atom. The van der Waals surface area contributed by atoms with Gasteiger partial charge in [0.2, 0.25) is 0 Å². The monoisotopic (exact) mass is 330 g/mol. The standard InChI is InChI=1S/C17H22N4OS/c1-2-22-17-19-18-16(23-17)12-21-10-9-20(11-13-7-8-13)14-5-3-4-6-15(14)21/h3-6,13H,2,7-12H2,1H3. The molecule has 1 aromatic carbocycles. The van der Waals surface area contributed by atoms with Crippen molar-refractivity contribution in [2.45, 2.75) is 26.3 Å². The minimum atomic E-state index is 0.636. The maximum absolute atomic E-state index is 5.43. The second-order valence-corrected chi connectivity index (χ2v) is 7.22. The van der Waals surface area contributed by atoms with Gasteiger partial charge in [-0.1, -0.05) is 28.6 Å². The molecule has 2 aliphatic rings. The number of anilines is 2. The number of hydrogen-bond donors (Lipinski definition) is 0. The third kappa shape index (κ3) is 3.27. The van der Waals surface area contributed by atoms with Gasteiger partial charge in [-0.3, -0.25) is 0 Å². The Morgan fingerprint density at radius 3 is 2.61 bits per heavy atom. The Labute approximate surface area is 140 Å². The van der Waals surface area contributed by atoms with E-state index < -0.39 is 0 Å². The van der Waals surface area contributed by atoms with Crippen LogP contribution in [0.25, 0.3) is 0 Å². The third-order valence-corrected chi connectivity index (χ3v) is 5.24. The molecule has 1 aliphatic carbocycles. The maximum Gasteiger partial charge on any atom is 0.294 e. The lowest BCUT2D eigenvalue weighted by Crippen LogP contribution is -2.41. The first-order chi connectivity index (χ1) is 11.3. The van der Waals surface area contributed by atoms with Gasteiger partial charge in [-0.25, -0.2) is 0 Å². The van der Waals surface area contributed by atoms with Crippen LogP contribution < -0.4 is 14.5 Å². The number of fused-ring (bicyclic) bond motifs is 1. The minimum Gasteiger partial charge on any atom is -0.469 e. The van der Waals surface area contributed by atoms with Crippen molar-refractivity contribution in [3.8, 4) is 5.19 Å². The molecule has 2 heterocycles. The summed E-state index contributed by atoms with van der Waals surface area (Å²) in [7, 11) is 0. The van der Waals surface area contributed by atoms with Gasteiger partial charge >= 0.3 is 0 Å². The zero-order valence-electron chi connectivity index (χ0n) is 13.4. The molecule has 122 valence electrons. The predicted molar refractivity (Wildman–Crippen MR) is 93.5 cm³/mol. The van der Waals surface area contributed by atoms with Crippen LogP contribution in [0.5, 0.6) is 5.19 Å². The molecule has 0 amide bonds. The molecule has 0 bridgehead atoms. The lowest BCUT2D eigenvalue weighted by atomic mass is 10.1. The Balaban J connectivity index is 1.51. The number of hydrogen-bond acceptors (Lipinski definition) is 6. The quantitative estimate of drug-likeness (QED) is 0.814. The molecular weight excluding hydrogens is 308 g/mol. The lowest BCUT2D eigenvalue weighted by molar-refractivity contribution is 0.335. The van der Waals surface area contributed by atoms with E-state index in [0.717, 1.165) is 30.6 Å². The zero-order valence-corrected chi connectivity index (χ0v) is 14.3. The second kappa shape index (κ2) is 6.35. The van der Waals surface area contributed by atoms with Crippen LogP contribution in [0.4, 0.5) is 11.4 Å². The molecule has 23 heavy (non-hydrogen) atoms. The van der Waals surface area contributed by atoms with Crippen molar-refractivity contribution in [1.29, 1.82) is 0 Å². The molecule has 0 unspecified atom stereocenters. The maximum atomic E-state index is 5.43. The number of para-hydroxylation sites is 2. The van der Waals surface area contributed by atoms with Crippen LogP contribution in [-0.2, 0) is 6.54 Å². The van der Waals surface area contributed by atoms with Crippen molar-refractivity contribution in [3.05, 3.63) is 29.3 Å². The van der Waals surface area contributed by atoms with Crippen molar-refractivity contribution in [3.63, 3.8) is 0 Å². The molecule has 0 atom stereocenters. The van der Waals surface area contributed by atoms with Crippen molar-refractivity contribution < 1.29 is 4.74 Å². The highest BCUT2D eigenvalue weighted by Crippen LogP contribution is 2.38. The average Bonchev–Trinajstić information content (AvgIpc) is 3.29. The first-order valence-corrected chi connectivity index (χ1v) is 9.19. The van der Waals surface area contributed by atoms with Gasteiger partial charge in [-0.2, -0.15) is 0 Å². The number of ether oxygens (including phenoxy) is 1. The first-order valence-electron chi connectivity index (χ1n) is 8.37. The highest BCUT2D eigenvalue weighted by molar-refractivity contribution is 7.13. The summed E-state index contributed by atoms with van der Waals surface area (Å²) in [6.07, 6.45) is 2.79. The van der Waals surface area contributed by atoms with E-state index in [9.17, 15) is 0 Å². The molecule has 5 nitrogen and oxygen atoms in total. The van der Waals surface area contributed by atoms with E-state index in [0.29, 0.717) is 11.8 Å². The second-order valence-electron chi connectivity index (χ2n) is 6.19. The molecule has 1 saturated carbocycles. The molecular formula is C17H22N4OS. The summed E-state index contributed by atoms with van der Waals surface area (Å²) in [4.78, 5) is 4.96. The Morgan fingerprint density at radius 2 is 1.87 bits per heavy atom. The fraction of sp³-hybridized carbons (Fsp3) is 0.529. The van der Waals surface area contributed by atoms with Crippen molar-refractivity contribution in [1.82, 2.24) is 10.2 Å². The fourth-order valence-electron chi connectivity index (χ4n) is 3.09. The Bertz CT molecular complexity index is 670. The molecule has 1 aromatic heterocycles. The molecule has 2 aromatic rings. The van der Waals surface area contributed by atoms with E-state index in [1.165, 1.54) is 30.8 Å². The Hall–Kier alpha value is -1.82. The number of rotatable bonds is 6.